The average Bonchev–Trinajstić information content (AvgIpc) is 2.82. The minimum absolute atomic E-state index is 0.0185. The zero-order valence-electron chi connectivity index (χ0n) is 11.5. The monoisotopic (exact) mass is 267 g/mol. The summed E-state index contributed by atoms with van der Waals surface area (Å²) in [6.45, 7) is 10.5. The van der Waals surface area contributed by atoms with Gasteiger partial charge >= 0.3 is 6.18 Å². The maximum Gasteiger partial charge on any atom is 0.390 e. The molecule has 0 unspecified atom stereocenters. The molecule has 0 saturated carbocycles. The molecule has 0 aromatic rings. The number of likely N-dealkylation sites (tertiary alicyclic amines) is 1. The Bertz CT molecular complexity index is 221. The maximum atomic E-state index is 11.7. The van der Waals surface area contributed by atoms with Crippen LogP contribution in [0.3, 0.4) is 0 Å². The maximum absolute atomic E-state index is 11.7. The average molecular weight is 267 g/mol. The SMILES string of the molecule is C=CC(C)=O.CC.FC(F)(F)CCN1CCCC1. The molecule has 2 nitrogen and oxygen atoms in total. The van der Waals surface area contributed by atoms with Crippen molar-refractivity contribution in [1.29, 1.82) is 0 Å². The first-order chi connectivity index (χ1) is 8.35. The van der Waals surface area contributed by atoms with Crippen LogP contribution < -0.4 is 0 Å². The standard InChI is InChI=1S/C7H12F3N.C4H6O.C2H6/c8-7(9,10)3-6-11-4-1-2-5-11;1-3-4(2)5;1-2/h1-6H2;3H,1H2,2H3;1-2H3. The van der Waals surface area contributed by atoms with Crippen molar-refractivity contribution in [3.63, 3.8) is 0 Å². The van der Waals surface area contributed by atoms with Crippen molar-refractivity contribution in [2.45, 2.75) is 46.2 Å². The molecular weight excluding hydrogens is 243 g/mol. The molecule has 0 aromatic heterocycles. The van der Waals surface area contributed by atoms with Crippen LogP contribution in [-0.2, 0) is 4.79 Å². The van der Waals surface area contributed by atoms with Gasteiger partial charge in [0.1, 0.15) is 0 Å². The van der Waals surface area contributed by atoms with E-state index in [0.29, 0.717) is 0 Å². The third-order valence-corrected chi connectivity index (χ3v) is 2.20. The summed E-state index contributed by atoms with van der Waals surface area (Å²) in [6, 6.07) is 0. The van der Waals surface area contributed by atoms with E-state index >= 15 is 0 Å². The molecule has 108 valence electrons. The fourth-order valence-electron chi connectivity index (χ4n) is 1.29. The third kappa shape index (κ3) is 15.2. The van der Waals surface area contributed by atoms with Crippen LogP contribution in [0.2, 0.25) is 0 Å². The number of hydrogen-bond acceptors (Lipinski definition) is 2. The number of halogens is 3. The first kappa shape index (κ1) is 19.5. The predicted octanol–water partition coefficient (Wildman–Crippen LogP) is 3.82. The fourth-order valence-corrected chi connectivity index (χ4v) is 1.29. The Morgan fingerprint density at radius 2 is 1.67 bits per heavy atom. The van der Waals surface area contributed by atoms with Crippen molar-refractivity contribution in [2.24, 2.45) is 0 Å². The Labute approximate surface area is 108 Å². The summed E-state index contributed by atoms with van der Waals surface area (Å²) in [6.07, 6.45) is -1.26. The van der Waals surface area contributed by atoms with Crippen molar-refractivity contribution in [3.05, 3.63) is 12.7 Å². The van der Waals surface area contributed by atoms with Gasteiger partial charge < -0.3 is 4.90 Å². The summed E-state index contributed by atoms with van der Waals surface area (Å²) in [5.74, 6) is 0.0185. The van der Waals surface area contributed by atoms with Crippen LogP contribution in [0.1, 0.15) is 40.0 Å². The molecule has 18 heavy (non-hydrogen) atoms. The fraction of sp³-hybridized carbons (Fsp3) is 0.769. The Hall–Kier alpha value is -0.840. The van der Waals surface area contributed by atoms with Crippen molar-refractivity contribution >= 4 is 5.78 Å². The van der Waals surface area contributed by atoms with Gasteiger partial charge in [0.05, 0.1) is 6.42 Å². The van der Waals surface area contributed by atoms with E-state index in [-0.39, 0.29) is 12.3 Å². The molecular formula is C13H24F3NO. The Morgan fingerprint density at radius 1 is 1.28 bits per heavy atom. The largest absolute Gasteiger partial charge is 0.390 e. The molecule has 0 radical (unpaired) electrons. The minimum atomic E-state index is -3.98. The summed E-state index contributed by atoms with van der Waals surface area (Å²) in [5, 5.41) is 0. The van der Waals surface area contributed by atoms with Gasteiger partial charge in [-0.1, -0.05) is 20.4 Å². The lowest BCUT2D eigenvalue weighted by Crippen LogP contribution is -2.25. The lowest BCUT2D eigenvalue weighted by Gasteiger charge is -2.15. The molecule has 0 atom stereocenters. The van der Waals surface area contributed by atoms with Crippen molar-refractivity contribution in [3.8, 4) is 0 Å². The Kier molecular flexibility index (Phi) is 12.2. The lowest BCUT2D eigenvalue weighted by molar-refractivity contribution is -0.137. The van der Waals surface area contributed by atoms with Crippen molar-refractivity contribution in [2.75, 3.05) is 19.6 Å². The molecule has 1 aliphatic heterocycles. The summed E-state index contributed by atoms with van der Waals surface area (Å²) in [7, 11) is 0. The van der Waals surface area contributed by atoms with Gasteiger partial charge in [0, 0.05) is 6.54 Å². The van der Waals surface area contributed by atoms with E-state index in [9.17, 15) is 18.0 Å². The number of carbonyl (C=O) groups excluding carboxylic acids is 1. The van der Waals surface area contributed by atoms with Crippen LogP contribution in [0.5, 0.6) is 0 Å². The second-order valence-electron chi connectivity index (χ2n) is 3.73. The molecule has 0 N–H and O–H groups in total. The number of rotatable bonds is 3. The Balaban J connectivity index is 0. The van der Waals surface area contributed by atoms with Gasteiger partial charge in [0.2, 0.25) is 0 Å². The van der Waals surface area contributed by atoms with E-state index in [4.69, 9.17) is 0 Å². The quantitative estimate of drug-likeness (QED) is 0.724. The van der Waals surface area contributed by atoms with Crippen LogP contribution in [-0.4, -0.2) is 36.5 Å². The predicted molar refractivity (Wildman–Crippen MR) is 68.6 cm³/mol. The van der Waals surface area contributed by atoms with Crippen molar-refractivity contribution < 1.29 is 18.0 Å². The molecule has 0 spiro atoms. The number of alkyl halides is 3. The van der Waals surface area contributed by atoms with Crippen molar-refractivity contribution in [1.82, 2.24) is 4.90 Å². The number of allylic oxidation sites excluding steroid dienone is 1. The van der Waals surface area contributed by atoms with Gasteiger partial charge in [-0.05, 0) is 38.9 Å². The molecule has 1 heterocycles. The lowest BCUT2D eigenvalue weighted by atomic mass is 10.4. The third-order valence-electron chi connectivity index (χ3n) is 2.20. The van der Waals surface area contributed by atoms with Gasteiger partial charge in [-0.3, -0.25) is 4.79 Å². The molecule has 0 amide bonds. The highest BCUT2D eigenvalue weighted by Crippen LogP contribution is 2.20. The summed E-state index contributed by atoms with van der Waals surface area (Å²) in [4.78, 5) is 11.6. The Morgan fingerprint density at radius 3 is 1.94 bits per heavy atom. The molecule has 0 aliphatic carbocycles. The highest BCUT2D eigenvalue weighted by molar-refractivity contribution is 5.86. The zero-order valence-corrected chi connectivity index (χ0v) is 11.5. The molecule has 1 saturated heterocycles. The summed E-state index contributed by atoms with van der Waals surface area (Å²) in [5.41, 5.74) is 0. The molecule has 1 aliphatic rings. The van der Waals surface area contributed by atoms with Crippen LogP contribution in [0.4, 0.5) is 13.2 Å². The van der Waals surface area contributed by atoms with E-state index in [2.05, 4.69) is 6.58 Å². The summed E-state index contributed by atoms with van der Waals surface area (Å²) >= 11 is 0. The highest BCUT2D eigenvalue weighted by atomic mass is 19.4. The van der Waals surface area contributed by atoms with Gasteiger partial charge in [-0.2, -0.15) is 13.2 Å². The van der Waals surface area contributed by atoms with E-state index in [1.54, 1.807) is 0 Å². The minimum Gasteiger partial charge on any atom is -0.303 e. The molecule has 1 fully saturated rings. The molecule has 0 bridgehead atoms. The first-order valence-corrected chi connectivity index (χ1v) is 6.27. The van der Waals surface area contributed by atoms with Crippen LogP contribution in [0, 0.1) is 0 Å². The van der Waals surface area contributed by atoms with E-state index in [1.165, 1.54) is 13.0 Å². The summed E-state index contributed by atoms with van der Waals surface area (Å²) < 4.78 is 35.0. The number of nitrogens with zero attached hydrogens (tertiary/aromatic N) is 1. The number of carbonyl (C=O) groups is 1. The molecule has 1 rings (SSSR count). The zero-order chi connectivity index (χ0) is 14.6. The number of ketones is 1. The highest BCUT2D eigenvalue weighted by Gasteiger charge is 2.28. The van der Waals surface area contributed by atoms with Gasteiger partial charge in [0.15, 0.2) is 5.78 Å². The first-order valence-electron chi connectivity index (χ1n) is 6.27. The van der Waals surface area contributed by atoms with Crippen LogP contribution in [0.25, 0.3) is 0 Å². The molecule has 5 heteroatoms. The van der Waals surface area contributed by atoms with E-state index in [1.807, 2.05) is 18.7 Å². The van der Waals surface area contributed by atoms with Gasteiger partial charge in [0.25, 0.3) is 0 Å². The normalized spacial score (nSPS) is 15.0. The molecule has 0 aromatic carbocycles. The van der Waals surface area contributed by atoms with Gasteiger partial charge in [-0.15, -0.1) is 0 Å². The van der Waals surface area contributed by atoms with E-state index < -0.39 is 12.6 Å². The van der Waals surface area contributed by atoms with Crippen LogP contribution in [0.15, 0.2) is 12.7 Å². The topological polar surface area (TPSA) is 20.3 Å². The van der Waals surface area contributed by atoms with Gasteiger partial charge in [-0.25, -0.2) is 0 Å². The number of hydrogen-bond donors (Lipinski definition) is 0. The van der Waals surface area contributed by atoms with E-state index in [0.717, 1.165) is 25.9 Å². The smallest absolute Gasteiger partial charge is 0.303 e. The second-order valence-corrected chi connectivity index (χ2v) is 3.73. The van der Waals surface area contributed by atoms with Crippen LogP contribution >= 0.6 is 0 Å². The second kappa shape index (κ2) is 11.3.